The molecular weight excluding hydrogens is 254 g/mol. The molecule has 1 aromatic carbocycles. The lowest BCUT2D eigenvalue weighted by Gasteiger charge is -2.31. The fourth-order valence-electron chi connectivity index (χ4n) is 2.55. The Labute approximate surface area is 123 Å². The zero-order valence-corrected chi connectivity index (χ0v) is 13.8. The number of rotatable bonds is 7. The first-order valence-electron chi connectivity index (χ1n) is 7.35. The summed E-state index contributed by atoms with van der Waals surface area (Å²) >= 11 is 6.38. The predicted molar refractivity (Wildman–Crippen MR) is 86.0 cm³/mol. The van der Waals surface area contributed by atoms with Gasteiger partial charge in [-0.1, -0.05) is 57.8 Å². The van der Waals surface area contributed by atoms with E-state index >= 15 is 0 Å². The molecule has 0 aromatic heterocycles. The highest BCUT2D eigenvalue weighted by atomic mass is 35.5. The van der Waals surface area contributed by atoms with Crippen molar-refractivity contribution in [3.8, 4) is 0 Å². The van der Waals surface area contributed by atoms with Gasteiger partial charge in [-0.15, -0.1) is 0 Å². The van der Waals surface area contributed by atoms with Gasteiger partial charge in [0, 0.05) is 17.6 Å². The zero-order chi connectivity index (χ0) is 14.5. The quantitative estimate of drug-likeness (QED) is 0.742. The summed E-state index contributed by atoms with van der Waals surface area (Å²) in [5.41, 5.74) is 2.78. The summed E-state index contributed by atoms with van der Waals surface area (Å²) in [5.74, 6) is 0. The monoisotopic (exact) mass is 281 g/mol. The highest BCUT2D eigenvalue weighted by molar-refractivity contribution is 6.31. The third-order valence-corrected chi connectivity index (χ3v) is 3.97. The number of nitrogens with one attached hydrogen (secondary N) is 1. The normalized spacial score (nSPS) is 14.7. The van der Waals surface area contributed by atoms with Crippen molar-refractivity contribution in [2.45, 2.75) is 59.9 Å². The third-order valence-electron chi connectivity index (χ3n) is 3.62. The number of halogens is 1. The van der Waals surface area contributed by atoms with Crippen molar-refractivity contribution in [2.24, 2.45) is 5.41 Å². The average molecular weight is 282 g/mol. The van der Waals surface area contributed by atoms with E-state index in [0.717, 1.165) is 18.0 Å². The third kappa shape index (κ3) is 5.54. The Morgan fingerprint density at radius 1 is 1.32 bits per heavy atom. The lowest BCUT2D eigenvalue weighted by atomic mass is 9.79. The van der Waals surface area contributed by atoms with Crippen LogP contribution in [0, 0.1) is 12.3 Å². The molecule has 2 heteroatoms. The Bertz CT molecular complexity index is 400. The largest absolute Gasteiger partial charge is 0.314 e. The highest BCUT2D eigenvalue weighted by Crippen LogP contribution is 2.31. The van der Waals surface area contributed by atoms with Crippen LogP contribution < -0.4 is 5.32 Å². The van der Waals surface area contributed by atoms with E-state index in [2.05, 4.69) is 58.1 Å². The van der Waals surface area contributed by atoms with E-state index < -0.39 is 0 Å². The molecule has 0 aliphatic carbocycles. The second-order valence-electron chi connectivity index (χ2n) is 6.37. The molecule has 0 saturated heterocycles. The van der Waals surface area contributed by atoms with E-state index in [1.165, 1.54) is 24.0 Å². The molecule has 19 heavy (non-hydrogen) atoms. The molecule has 0 saturated carbocycles. The maximum absolute atomic E-state index is 6.38. The van der Waals surface area contributed by atoms with Gasteiger partial charge in [-0.3, -0.25) is 0 Å². The topological polar surface area (TPSA) is 12.0 Å². The Kier molecular flexibility index (Phi) is 6.35. The van der Waals surface area contributed by atoms with Gasteiger partial charge in [0.05, 0.1) is 0 Å². The summed E-state index contributed by atoms with van der Waals surface area (Å²) in [7, 11) is 0. The second kappa shape index (κ2) is 7.31. The van der Waals surface area contributed by atoms with Crippen LogP contribution in [-0.2, 0) is 6.42 Å². The van der Waals surface area contributed by atoms with Crippen molar-refractivity contribution in [1.29, 1.82) is 0 Å². The van der Waals surface area contributed by atoms with E-state index in [1.807, 2.05) is 0 Å². The maximum Gasteiger partial charge on any atom is 0.0440 e. The van der Waals surface area contributed by atoms with Crippen molar-refractivity contribution >= 4 is 11.6 Å². The van der Waals surface area contributed by atoms with Crippen LogP contribution in [0.1, 0.15) is 51.7 Å². The first-order valence-corrected chi connectivity index (χ1v) is 7.72. The molecule has 0 aliphatic heterocycles. The van der Waals surface area contributed by atoms with E-state index in [0.29, 0.717) is 6.04 Å². The Balaban J connectivity index is 2.81. The van der Waals surface area contributed by atoms with E-state index in [4.69, 9.17) is 11.6 Å². The Morgan fingerprint density at radius 3 is 2.53 bits per heavy atom. The standard InChI is InChI=1S/C17H28ClN/c1-6-9-17(5,12-19-13(2)3)11-15-8-7-14(4)10-16(15)18/h7-8,10,13,19H,6,9,11-12H2,1-5H3. The zero-order valence-electron chi connectivity index (χ0n) is 13.0. The number of benzene rings is 1. The van der Waals surface area contributed by atoms with Crippen LogP contribution in [0.2, 0.25) is 5.02 Å². The van der Waals surface area contributed by atoms with Gasteiger partial charge in [-0.25, -0.2) is 0 Å². The van der Waals surface area contributed by atoms with Crippen molar-refractivity contribution < 1.29 is 0 Å². The van der Waals surface area contributed by atoms with Gasteiger partial charge in [0.2, 0.25) is 0 Å². The lowest BCUT2D eigenvalue weighted by Crippen LogP contribution is -2.37. The minimum atomic E-state index is 0.276. The molecule has 1 unspecified atom stereocenters. The molecule has 1 rings (SSSR count). The van der Waals surface area contributed by atoms with Gasteiger partial charge in [0.15, 0.2) is 0 Å². The molecule has 0 bridgehead atoms. The van der Waals surface area contributed by atoms with Crippen LogP contribution in [0.5, 0.6) is 0 Å². The van der Waals surface area contributed by atoms with Gasteiger partial charge in [0.1, 0.15) is 0 Å². The number of aryl methyl sites for hydroxylation is 1. The van der Waals surface area contributed by atoms with Gasteiger partial charge in [0.25, 0.3) is 0 Å². The van der Waals surface area contributed by atoms with Gasteiger partial charge in [-0.2, -0.15) is 0 Å². The van der Waals surface area contributed by atoms with Crippen molar-refractivity contribution in [3.05, 3.63) is 34.3 Å². The summed E-state index contributed by atoms with van der Waals surface area (Å²) in [6.45, 7) is 12.1. The van der Waals surface area contributed by atoms with Crippen LogP contribution in [0.4, 0.5) is 0 Å². The number of hydrogen-bond acceptors (Lipinski definition) is 1. The number of hydrogen-bond donors (Lipinski definition) is 1. The molecule has 0 spiro atoms. The Hall–Kier alpha value is -0.530. The molecule has 1 N–H and O–H groups in total. The molecule has 1 nitrogen and oxygen atoms in total. The van der Waals surface area contributed by atoms with Crippen LogP contribution in [0.3, 0.4) is 0 Å². The molecule has 0 heterocycles. The first kappa shape index (κ1) is 16.5. The molecule has 1 aromatic rings. The fraction of sp³-hybridized carbons (Fsp3) is 0.647. The molecule has 0 radical (unpaired) electrons. The van der Waals surface area contributed by atoms with E-state index in [1.54, 1.807) is 0 Å². The van der Waals surface area contributed by atoms with Gasteiger partial charge in [-0.05, 0) is 42.4 Å². The van der Waals surface area contributed by atoms with Crippen LogP contribution in [0.25, 0.3) is 0 Å². The smallest absolute Gasteiger partial charge is 0.0440 e. The van der Waals surface area contributed by atoms with Crippen molar-refractivity contribution in [2.75, 3.05) is 6.54 Å². The summed E-state index contributed by atoms with van der Waals surface area (Å²) in [4.78, 5) is 0. The highest BCUT2D eigenvalue weighted by Gasteiger charge is 2.24. The lowest BCUT2D eigenvalue weighted by molar-refractivity contribution is 0.267. The summed E-state index contributed by atoms with van der Waals surface area (Å²) in [6.07, 6.45) is 3.47. The van der Waals surface area contributed by atoms with Gasteiger partial charge >= 0.3 is 0 Å². The van der Waals surface area contributed by atoms with E-state index in [9.17, 15) is 0 Å². The first-order chi connectivity index (χ1) is 8.86. The average Bonchev–Trinajstić information content (AvgIpc) is 2.31. The molecular formula is C17H28ClN. The molecule has 108 valence electrons. The molecule has 0 fully saturated rings. The van der Waals surface area contributed by atoms with E-state index in [-0.39, 0.29) is 5.41 Å². The summed E-state index contributed by atoms with van der Waals surface area (Å²) < 4.78 is 0. The Morgan fingerprint density at radius 2 is 2.00 bits per heavy atom. The van der Waals surface area contributed by atoms with Crippen molar-refractivity contribution in [1.82, 2.24) is 5.32 Å². The minimum absolute atomic E-state index is 0.276. The van der Waals surface area contributed by atoms with Crippen molar-refractivity contribution in [3.63, 3.8) is 0 Å². The second-order valence-corrected chi connectivity index (χ2v) is 6.78. The molecule has 0 amide bonds. The van der Waals surface area contributed by atoms with Crippen LogP contribution >= 0.6 is 11.6 Å². The fourth-order valence-corrected chi connectivity index (χ4v) is 2.85. The molecule has 1 atom stereocenters. The van der Waals surface area contributed by atoms with Crippen LogP contribution in [0.15, 0.2) is 18.2 Å². The van der Waals surface area contributed by atoms with Crippen LogP contribution in [-0.4, -0.2) is 12.6 Å². The predicted octanol–water partition coefficient (Wildman–Crippen LogP) is 5.00. The molecule has 0 aliphatic rings. The summed E-state index contributed by atoms with van der Waals surface area (Å²) in [6, 6.07) is 6.94. The minimum Gasteiger partial charge on any atom is -0.314 e. The maximum atomic E-state index is 6.38. The SMILES string of the molecule is CCCC(C)(CNC(C)C)Cc1ccc(C)cc1Cl. The summed E-state index contributed by atoms with van der Waals surface area (Å²) in [5, 5.41) is 4.49. The van der Waals surface area contributed by atoms with Gasteiger partial charge < -0.3 is 5.32 Å².